The number of hydrogen-bond donors (Lipinski definition) is 0. The summed E-state index contributed by atoms with van der Waals surface area (Å²) in [5, 5.41) is 3.45. The van der Waals surface area contributed by atoms with Crippen LogP contribution in [-0.2, 0) is 5.41 Å². The minimum Gasteiger partial charge on any atom is -0.494 e. The van der Waals surface area contributed by atoms with Crippen LogP contribution in [0.5, 0.6) is 5.75 Å². The average Bonchev–Trinajstić information content (AvgIpc) is 2.28. The minimum atomic E-state index is 0.167. The highest BCUT2D eigenvalue weighted by Gasteiger charge is 2.12. The van der Waals surface area contributed by atoms with Crippen LogP contribution in [-0.4, -0.2) is 13.2 Å². The minimum absolute atomic E-state index is 0.167. The fourth-order valence-electron chi connectivity index (χ4n) is 1.42. The molecule has 0 unspecified atom stereocenters. The molecule has 0 fully saturated rings. The molecule has 0 saturated heterocycles. The summed E-state index contributed by atoms with van der Waals surface area (Å²) in [6, 6.07) is 8.13. The van der Waals surface area contributed by atoms with Crippen molar-refractivity contribution in [1.29, 1.82) is 0 Å². The Labute approximate surface area is 102 Å². The summed E-state index contributed by atoms with van der Waals surface area (Å²) < 4.78 is 5.54. The van der Waals surface area contributed by atoms with Crippen molar-refractivity contribution < 1.29 is 4.74 Å². The Morgan fingerprint density at radius 2 is 1.88 bits per heavy atom. The van der Waals surface area contributed by atoms with Gasteiger partial charge in [0.2, 0.25) is 0 Å². The number of ether oxygens (including phenoxy) is 1. The Hall–Kier alpha value is -1.67. The van der Waals surface area contributed by atoms with Crippen molar-refractivity contribution in [3.8, 4) is 5.75 Å². The van der Waals surface area contributed by atoms with Crippen LogP contribution in [0.25, 0.3) is 10.4 Å². The lowest BCUT2D eigenvalue weighted by Crippen LogP contribution is -2.10. The van der Waals surface area contributed by atoms with Crippen LogP contribution >= 0.6 is 0 Å². The van der Waals surface area contributed by atoms with E-state index < -0.39 is 0 Å². The highest BCUT2D eigenvalue weighted by Crippen LogP contribution is 2.24. The van der Waals surface area contributed by atoms with Crippen LogP contribution in [0.4, 0.5) is 0 Å². The van der Waals surface area contributed by atoms with E-state index in [1.54, 1.807) is 0 Å². The van der Waals surface area contributed by atoms with Gasteiger partial charge in [0.05, 0.1) is 6.61 Å². The largest absolute Gasteiger partial charge is 0.494 e. The summed E-state index contributed by atoms with van der Waals surface area (Å²) in [5.41, 5.74) is 9.56. The zero-order chi connectivity index (χ0) is 12.7. The standard InChI is InChI=1S/C13H19N3O/c1-13(2,3)11-5-7-12(8-6-11)17-10-4-9-15-16-14/h5-8H,4,9-10H2,1-3H3. The van der Waals surface area contributed by atoms with E-state index in [0.29, 0.717) is 13.2 Å². The van der Waals surface area contributed by atoms with Crippen LogP contribution in [0.15, 0.2) is 29.4 Å². The third kappa shape index (κ3) is 4.79. The Morgan fingerprint density at radius 1 is 1.24 bits per heavy atom. The summed E-state index contributed by atoms with van der Waals surface area (Å²) in [6.45, 7) is 7.61. The summed E-state index contributed by atoms with van der Waals surface area (Å²) >= 11 is 0. The van der Waals surface area contributed by atoms with Gasteiger partial charge in [0.25, 0.3) is 0 Å². The van der Waals surface area contributed by atoms with Crippen molar-refractivity contribution in [2.45, 2.75) is 32.6 Å². The lowest BCUT2D eigenvalue weighted by molar-refractivity contribution is 0.313. The molecular weight excluding hydrogens is 214 g/mol. The lowest BCUT2D eigenvalue weighted by Gasteiger charge is -2.19. The zero-order valence-electron chi connectivity index (χ0n) is 10.7. The molecule has 0 radical (unpaired) electrons. The quantitative estimate of drug-likeness (QED) is 0.327. The Balaban J connectivity index is 2.43. The van der Waals surface area contributed by atoms with E-state index in [1.807, 2.05) is 12.1 Å². The summed E-state index contributed by atoms with van der Waals surface area (Å²) in [6.07, 6.45) is 0.741. The first kappa shape index (κ1) is 13.4. The van der Waals surface area contributed by atoms with Crippen molar-refractivity contribution in [3.05, 3.63) is 40.3 Å². The third-order valence-corrected chi connectivity index (χ3v) is 2.45. The van der Waals surface area contributed by atoms with Crippen molar-refractivity contribution in [1.82, 2.24) is 0 Å². The van der Waals surface area contributed by atoms with Gasteiger partial charge in [-0.15, -0.1) is 0 Å². The monoisotopic (exact) mass is 233 g/mol. The average molecular weight is 233 g/mol. The first-order valence-corrected chi connectivity index (χ1v) is 5.78. The van der Waals surface area contributed by atoms with E-state index in [-0.39, 0.29) is 5.41 Å². The van der Waals surface area contributed by atoms with Gasteiger partial charge >= 0.3 is 0 Å². The zero-order valence-corrected chi connectivity index (χ0v) is 10.7. The maximum Gasteiger partial charge on any atom is 0.119 e. The molecule has 0 aliphatic carbocycles. The van der Waals surface area contributed by atoms with Gasteiger partial charge in [0, 0.05) is 11.5 Å². The van der Waals surface area contributed by atoms with Crippen molar-refractivity contribution in [2.24, 2.45) is 5.11 Å². The van der Waals surface area contributed by atoms with Crippen molar-refractivity contribution in [3.63, 3.8) is 0 Å². The van der Waals surface area contributed by atoms with Crippen LogP contribution in [0, 0.1) is 0 Å². The summed E-state index contributed by atoms with van der Waals surface area (Å²) in [4.78, 5) is 2.69. The molecule has 0 bridgehead atoms. The third-order valence-electron chi connectivity index (χ3n) is 2.45. The Morgan fingerprint density at radius 3 is 2.41 bits per heavy atom. The van der Waals surface area contributed by atoms with E-state index >= 15 is 0 Å². The van der Waals surface area contributed by atoms with Gasteiger partial charge < -0.3 is 4.74 Å². The molecule has 4 nitrogen and oxygen atoms in total. The molecule has 1 aromatic rings. The molecule has 0 aromatic heterocycles. The summed E-state index contributed by atoms with van der Waals surface area (Å²) in [7, 11) is 0. The molecule has 0 atom stereocenters. The van der Waals surface area contributed by atoms with Gasteiger partial charge in [0.15, 0.2) is 0 Å². The van der Waals surface area contributed by atoms with Crippen molar-refractivity contribution in [2.75, 3.05) is 13.2 Å². The van der Waals surface area contributed by atoms with Crippen LogP contribution < -0.4 is 4.74 Å². The number of azide groups is 1. The molecular formula is C13H19N3O. The second-order valence-electron chi connectivity index (χ2n) is 4.93. The molecule has 1 rings (SSSR count). The summed E-state index contributed by atoms with van der Waals surface area (Å²) in [5.74, 6) is 0.860. The van der Waals surface area contributed by atoms with Gasteiger partial charge in [0.1, 0.15) is 5.75 Å². The predicted octanol–water partition coefficient (Wildman–Crippen LogP) is 4.06. The second kappa shape index (κ2) is 6.16. The Kier molecular flexibility index (Phi) is 4.85. The predicted molar refractivity (Wildman–Crippen MR) is 69.3 cm³/mol. The maximum absolute atomic E-state index is 8.11. The molecule has 0 spiro atoms. The van der Waals surface area contributed by atoms with E-state index in [1.165, 1.54) is 5.56 Å². The molecule has 0 N–H and O–H groups in total. The smallest absolute Gasteiger partial charge is 0.119 e. The van der Waals surface area contributed by atoms with Gasteiger partial charge in [-0.1, -0.05) is 38.0 Å². The first-order chi connectivity index (χ1) is 8.04. The van der Waals surface area contributed by atoms with E-state index in [2.05, 4.69) is 42.9 Å². The normalized spacial score (nSPS) is 10.8. The van der Waals surface area contributed by atoms with Crippen LogP contribution in [0.3, 0.4) is 0 Å². The van der Waals surface area contributed by atoms with E-state index in [4.69, 9.17) is 10.3 Å². The molecule has 0 saturated carbocycles. The van der Waals surface area contributed by atoms with Gasteiger partial charge in [-0.05, 0) is 35.1 Å². The topological polar surface area (TPSA) is 58.0 Å². The highest BCUT2D eigenvalue weighted by atomic mass is 16.5. The van der Waals surface area contributed by atoms with Crippen LogP contribution in [0.1, 0.15) is 32.8 Å². The molecule has 17 heavy (non-hydrogen) atoms. The number of nitrogens with zero attached hydrogens (tertiary/aromatic N) is 3. The Bertz CT molecular complexity index is 386. The molecule has 0 heterocycles. The van der Waals surface area contributed by atoms with Crippen LogP contribution in [0.2, 0.25) is 0 Å². The highest BCUT2D eigenvalue weighted by molar-refractivity contribution is 5.31. The van der Waals surface area contributed by atoms with Gasteiger partial charge in [-0.25, -0.2) is 0 Å². The van der Waals surface area contributed by atoms with Crippen molar-refractivity contribution >= 4 is 0 Å². The fraction of sp³-hybridized carbons (Fsp3) is 0.538. The number of benzene rings is 1. The SMILES string of the molecule is CC(C)(C)c1ccc(OCCCN=[N+]=[N-])cc1. The van der Waals surface area contributed by atoms with E-state index in [9.17, 15) is 0 Å². The number of hydrogen-bond acceptors (Lipinski definition) is 2. The first-order valence-electron chi connectivity index (χ1n) is 5.78. The molecule has 4 heteroatoms. The lowest BCUT2D eigenvalue weighted by atomic mass is 9.87. The maximum atomic E-state index is 8.11. The van der Waals surface area contributed by atoms with E-state index in [0.717, 1.165) is 12.2 Å². The molecule has 0 amide bonds. The fourth-order valence-corrected chi connectivity index (χ4v) is 1.42. The molecule has 0 aliphatic rings. The molecule has 0 aliphatic heterocycles. The van der Waals surface area contributed by atoms with Gasteiger partial charge in [-0.2, -0.15) is 0 Å². The molecule has 1 aromatic carbocycles. The van der Waals surface area contributed by atoms with Gasteiger partial charge in [-0.3, -0.25) is 0 Å². The molecule has 92 valence electrons. The number of rotatable bonds is 5. The second-order valence-corrected chi connectivity index (χ2v) is 4.93.